The Morgan fingerprint density at radius 1 is 1.00 bits per heavy atom. The quantitative estimate of drug-likeness (QED) is 0.704. The molecule has 0 aromatic heterocycles. The second kappa shape index (κ2) is 8.78. The van der Waals surface area contributed by atoms with Gasteiger partial charge in [-0.2, -0.15) is 0 Å². The van der Waals surface area contributed by atoms with Gasteiger partial charge in [-0.25, -0.2) is 4.90 Å². The van der Waals surface area contributed by atoms with Crippen LogP contribution in [0.1, 0.15) is 31.7 Å². The van der Waals surface area contributed by atoms with E-state index in [1.807, 2.05) is 25.1 Å². The van der Waals surface area contributed by atoms with Crippen LogP contribution < -0.4 is 9.64 Å². The number of imide groups is 1. The van der Waals surface area contributed by atoms with E-state index in [0.717, 1.165) is 32.4 Å². The van der Waals surface area contributed by atoms with Gasteiger partial charge < -0.3 is 4.74 Å². The normalized spacial score (nSPS) is 21.0. The molecule has 29 heavy (non-hydrogen) atoms. The summed E-state index contributed by atoms with van der Waals surface area (Å²) in [5, 5.41) is 0. The van der Waals surface area contributed by atoms with Crippen molar-refractivity contribution in [2.24, 2.45) is 5.92 Å². The summed E-state index contributed by atoms with van der Waals surface area (Å²) in [4.78, 5) is 29.3. The first-order chi connectivity index (χ1) is 14.2. The van der Waals surface area contributed by atoms with Gasteiger partial charge in [0.15, 0.2) is 0 Å². The molecule has 2 fully saturated rings. The summed E-state index contributed by atoms with van der Waals surface area (Å²) in [6, 6.07) is 17.5. The molecule has 0 unspecified atom stereocenters. The van der Waals surface area contributed by atoms with Crippen LogP contribution in [0.25, 0.3) is 0 Å². The van der Waals surface area contributed by atoms with Gasteiger partial charge in [0.25, 0.3) is 5.91 Å². The highest BCUT2D eigenvalue weighted by atomic mass is 16.5. The van der Waals surface area contributed by atoms with Crippen molar-refractivity contribution in [2.45, 2.75) is 38.6 Å². The van der Waals surface area contributed by atoms with Crippen LogP contribution in [-0.2, 0) is 16.0 Å². The second-order valence-corrected chi connectivity index (χ2v) is 7.89. The number of benzene rings is 2. The summed E-state index contributed by atoms with van der Waals surface area (Å²) in [5.74, 6) is 1.08. The summed E-state index contributed by atoms with van der Waals surface area (Å²) >= 11 is 0. The fourth-order valence-electron chi connectivity index (χ4n) is 4.47. The SMILES string of the molecule is CCOc1cccc(N2C(=O)C[C@H](N3CCC(Cc4ccccc4)CC3)C2=O)c1. The van der Waals surface area contributed by atoms with Gasteiger partial charge in [0, 0.05) is 6.07 Å². The van der Waals surface area contributed by atoms with Gasteiger partial charge >= 0.3 is 0 Å². The number of carbonyl (C=O) groups excluding carboxylic acids is 2. The van der Waals surface area contributed by atoms with Crippen LogP contribution in [0.15, 0.2) is 54.6 Å². The zero-order valence-electron chi connectivity index (χ0n) is 16.9. The number of amides is 2. The van der Waals surface area contributed by atoms with Crippen LogP contribution in [0.4, 0.5) is 5.69 Å². The molecular formula is C24H28N2O3. The van der Waals surface area contributed by atoms with Crippen molar-refractivity contribution in [3.05, 3.63) is 60.2 Å². The van der Waals surface area contributed by atoms with Gasteiger partial charge in [0.05, 0.1) is 24.8 Å². The van der Waals surface area contributed by atoms with Crippen molar-refractivity contribution in [2.75, 3.05) is 24.6 Å². The maximum Gasteiger partial charge on any atom is 0.251 e. The molecule has 5 nitrogen and oxygen atoms in total. The predicted molar refractivity (Wildman–Crippen MR) is 113 cm³/mol. The van der Waals surface area contributed by atoms with Crippen molar-refractivity contribution >= 4 is 17.5 Å². The number of hydrogen-bond donors (Lipinski definition) is 0. The van der Waals surface area contributed by atoms with E-state index in [4.69, 9.17) is 4.74 Å². The summed E-state index contributed by atoms with van der Waals surface area (Å²) < 4.78 is 5.52. The molecule has 1 atom stereocenters. The van der Waals surface area contributed by atoms with E-state index in [0.29, 0.717) is 24.0 Å². The number of carbonyl (C=O) groups is 2. The molecule has 0 N–H and O–H groups in total. The highest BCUT2D eigenvalue weighted by Crippen LogP contribution is 2.31. The van der Waals surface area contributed by atoms with Gasteiger partial charge in [0.1, 0.15) is 5.75 Å². The first kappa shape index (κ1) is 19.6. The minimum Gasteiger partial charge on any atom is -0.494 e. The smallest absolute Gasteiger partial charge is 0.251 e. The third kappa shape index (κ3) is 4.35. The molecule has 2 aliphatic heterocycles. The molecule has 2 aromatic rings. The van der Waals surface area contributed by atoms with Crippen molar-refractivity contribution in [3.63, 3.8) is 0 Å². The fourth-order valence-corrected chi connectivity index (χ4v) is 4.47. The average molecular weight is 392 g/mol. The Morgan fingerprint density at radius 2 is 1.76 bits per heavy atom. The molecule has 0 spiro atoms. The van der Waals surface area contributed by atoms with Crippen LogP contribution >= 0.6 is 0 Å². The Bertz CT molecular complexity index is 859. The number of anilines is 1. The topological polar surface area (TPSA) is 49.9 Å². The van der Waals surface area contributed by atoms with Gasteiger partial charge in [-0.05, 0) is 62.9 Å². The zero-order chi connectivity index (χ0) is 20.2. The van der Waals surface area contributed by atoms with Crippen LogP contribution in [0.5, 0.6) is 5.75 Å². The molecule has 4 rings (SSSR count). The molecule has 0 aliphatic carbocycles. The minimum absolute atomic E-state index is 0.106. The molecule has 0 bridgehead atoms. The highest BCUT2D eigenvalue weighted by molar-refractivity contribution is 6.22. The fraction of sp³-hybridized carbons (Fsp3) is 0.417. The highest BCUT2D eigenvalue weighted by Gasteiger charge is 2.43. The average Bonchev–Trinajstić information content (AvgIpc) is 3.04. The molecule has 2 aliphatic rings. The van der Waals surface area contributed by atoms with Crippen molar-refractivity contribution < 1.29 is 14.3 Å². The number of nitrogens with zero attached hydrogens (tertiary/aromatic N) is 2. The summed E-state index contributed by atoms with van der Waals surface area (Å²) in [6.07, 6.45) is 3.48. The zero-order valence-corrected chi connectivity index (χ0v) is 16.9. The number of likely N-dealkylation sites (tertiary alicyclic amines) is 1. The lowest BCUT2D eigenvalue weighted by atomic mass is 9.89. The minimum atomic E-state index is -0.337. The van der Waals surface area contributed by atoms with Gasteiger partial charge in [-0.1, -0.05) is 36.4 Å². The van der Waals surface area contributed by atoms with E-state index in [9.17, 15) is 9.59 Å². The second-order valence-electron chi connectivity index (χ2n) is 7.89. The number of hydrogen-bond acceptors (Lipinski definition) is 4. The standard InChI is InChI=1S/C24H28N2O3/c1-2-29-21-10-6-9-20(16-21)26-23(27)17-22(24(26)28)25-13-11-19(12-14-25)15-18-7-4-3-5-8-18/h3-10,16,19,22H,2,11-15,17H2,1H3/t22-/m0/s1. The Balaban J connectivity index is 1.39. The van der Waals surface area contributed by atoms with Gasteiger partial charge in [-0.15, -0.1) is 0 Å². The molecular weight excluding hydrogens is 364 g/mol. The molecule has 152 valence electrons. The lowest BCUT2D eigenvalue weighted by Crippen LogP contribution is -2.46. The maximum absolute atomic E-state index is 13.1. The van der Waals surface area contributed by atoms with Crippen LogP contribution in [0.3, 0.4) is 0 Å². The lowest BCUT2D eigenvalue weighted by molar-refractivity contribution is -0.123. The monoisotopic (exact) mass is 392 g/mol. The van der Waals surface area contributed by atoms with Crippen LogP contribution in [-0.4, -0.2) is 42.5 Å². The van der Waals surface area contributed by atoms with E-state index >= 15 is 0 Å². The third-order valence-electron chi connectivity index (χ3n) is 5.97. The summed E-state index contributed by atoms with van der Waals surface area (Å²) in [6.45, 7) is 4.20. The van der Waals surface area contributed by atoms with E-state index in [-0.39, 0.29) is 24.3 Å². The number of rotatable bonds is 6. The van der Waals surface area contributed by atoms with Crippen molar-refractivity contribution in [1.82, 2.24) is 4.90 Å². The summed E-state index contributed by atoms with van der Waals surface area (Å²) in [5.41, 5.74) is 1.98. The third-order valence-corrected chi connectivity index (χ3v) is 5.97. The molecule has 2 heterocycles. The molecule has 2 aromatic carbocycles. The van der Waals surface area contributed by atoms with Crippen molar-refractivity contribution in [1.29, 1.82) is 0 Å². The molecule has 2 saturated heterocycles. The molecule has 5 heteroatoms. The predicted octanol–water partition coefficient (Wildman–Crippen LogP) is 3.67. The van der Waals surface area contributed by atoms with Gasteiger partial charge in [0.2, 0.25) is 5.91 Å². The lowest BCUT2D eigenvalue weighted by Gasteiger charge is -2.34. The largest absolute Gasteiger partial charge is 0.494 e. The molecule has 2 amide bonds. The van der Waals surface area contributed by atoms with E-state index in [1.54, 1.807) is 12.1 Å². The maximum atomic E-state index is 13.1. The molecule has 0 saturated carbocycles. The van der Waals surface area contributed by atoms with Gasteiger partial charge in [-0.3, -0.25) is 14.5 Å². The Hall–Kier alpha value is -2.66. The Morgan fingerprint density at radius 3 is 2.48 bits per heavy atom. The van der Waals surface area contributed by atoms with E-state index < -0.39 is 0 Å². The van der Waals surface area contributed by atoms with Crippen molar-refractivity contribution in [3.8, 4) is 5.75 Å². The Kier molecular flexibility index (Phi) is 5.95. The summed E-state index contributed by atoms with van der Waals surface area (Å²) in [7, 11) is 0. The number of ether oxygens (including phenoxy) is 1. The first-order valence-corrected chi connectivity index (χ1v) is 10.5. The first-order valence-electron chi connectivity index (χ1n) is 10.5. The number of piperidine rings is 1. The van der Waals surface area contributed by atoms with E-state index in [1.165, 1.54) is 10.5 Å². The van der Waals surface area contributed by atoms with Crippen LogP contribution in [0, 0.1) is 5.92 Å². The Labute approximate surface area is 172 Å². The molecule has 0 radical (unpaired) electrons. The van der Waals surface area contributed by atoms with Crippen LogP contribution in [0.2, 0.25) is 0 Å². The van der Waals surface area contributed by atoms with E-state index in [2.05, 4.69) is 29.2 Å².